The highest BCUT2D eigenvalue weighted by Gasteiger charge is 2.36. The average molecular weight is 263 g/mol. The van der Waals surface area contributed by atoms with Gasteiger partial charge >= 0.3 is 0 Å². The summed E-state index contributed by atoms with van der Waals surface area (Å²) in [6.07, 6.45) is 0.236. The number of amides is 1. The Kier molecular flexibility index (Phi) is 4.06. The molecule has 0 aliphatic carbocycles. The standard InChI is InChI=1S/C11H12F2N2O.ClH/c1-15-10(16)5-9(14)11(15)6-2-3-7(12)8(13)4-6;/h2-4,9,11H,5,14H2,1H3;1H. The number of rotatable bonds is 1. The van der Waals surface area contributed by atoms with E-state index < -0.39 is 11.6 Å². The molecule has 1 amide bonds. The number of benzene rings is 1. The first-order chi connectivity index (χ1) is 7.50. The Hall–Kier alpha value is -1.20. The molecule has 0 radical (unpaired) electrons. The molecule has 2 atom stereocenters. The van der Waals surface area contributed by atoms with Gasteiger partial charge < -0.3 is 10.6 Å². The largest absolute Gasteiger partial charge is 0.337 e. The molecule has 6 heteroatoms. The molecule has 1 aliphatic rings. The zero-order chi connectivity index (χ0) is 11.9. The molecule has 0 spiro atoms. The molecule has 2 rings (SSSR count). The molecular weight excluding hydrogens is 250 g/mol. The van der Waals surface area contributed by atoms with Crippen LogP contribution in [0.4, 0.5) is 8.78 Å². The lowest BCUT2D eigenvalue weighted by atomic mass is 10.0. The summed E-state index contributed by atoms with van der Waals surface area (Å²) in [5, 5.41) is 0. The first-order valence-electron chi connectivity index (χ1n) is 4.97. The lowest BCUT2D eigenvalue weighted by molar-refractivity contribution is -0.127. The van der Waals surface area contributed by atoms with Gasteiger partial charge in [-0.2, -0.15) is 0 Å². The van der Waals surface area contributed by atoms with E-state index in [0.29, 0.717) is 5.56 Å². The van der Waals surface area contributed by atoms with Gasteiger partial charge in [0.25, 0.3) is 0 Å². The monoisotopic (exact) mass is 262 g/mol. The topological polar surface area (TPSA) is 46.3 Å². The average Bonchev–Trinajstić information content (AvgIpc) is 2.47. The molecule has 0 saturated carbocycles. The SMILES string of the molecule is CN1C(=O)CC(N)C1c1ccc(F)c(F)c1.Cl. The van der Waals surface area contributed by atoms with Crippen LogP contribution >= 0.6 is 12.4 Å². The van der Waals surface area contributed by atoms with Crippen LogP contribution in [0.3, 0.4) is 0 Å². The summed E-state index contributed by atoms with van der Waals surface area (Å²) in [5.41, 5.74) is 6.33. The second kappa shape index (κ2) is 4.98. The van der Waals surface area contributed by atoms with E-state index >= 15 is 0 Å². The van der Waals surface area contributed by atoms with Gasteiger partial charge in [0.15, 0.2) is 11.6 Å². The lowest BCUT2D eigenvalue weighted by Crippen LogP contribution is -2.30. The third-order valence-corrected chi connectivity index (χ3v) is 2.91. The first-order valence-corrected chi connectivity index (χ1v) is 4.97. The maximum atomic E-state index is 13.1. The quantitative estimate of drug-likeness (QED) is 0.836. The molecular formula is C11H13ClF2N2O. The fourth-order valence-corrected chi connectivity index (χ4v) is 2.07. The number of carbonyl (C=O) groups excluding carboxylic acids is 1. The van der Waals surface area contributed by atoms with Crippen LogP contribution < -0.4 is 5.73 Å². The Labute approximate surface area is 104 Å². The smallest absolute Gasteiger partial charge is 0.224 e. The molecule has 1 saturated heterocycles. The van der Waals surface area contributed by atoms with Crippen LogP contribution in [0.15, 0.2) is 18.2 Å². The predicted octanol–water partition coefficient (Wildman–Crippen LogP) is 1.62. The van der Waals surface area contributed by atoms with Crippen molar-refractivity contribution in [3.63, 3.8) is 0 Å². The van der Waals surface area contributed by atoms with Gasteiger partial charge in [0, 0.05) is 19.5 Å². The van der Waals surface area contributed by atoms with Crippen LogP contribution in [0.25, 0.3) is 0 Å². The highest BCUT2D eigenvalue weighted by Crippen LogP contribution is 2.31. The first kappa shape index (κ1) is 13.9. The fourth-order valence-electron chi connectivity index (χ4n) is 2.07. The minimum absolute atomic E-state index is 0. The van der Waals surface area contributed by atoms with Crippen LogP contribution in [0.5, 0.6) is 0 Å². The van der Waals surface area contributed by atoms with Gasteiger partial charge in [-0.25, -0.2) is 8.78 Å². The van der Waals surface area contributed by atoms with Crippen LogP contribution in [0.1, 0.15) is 18.0 Å². The summed E-state index contributed by atoms with van der Waals surface area (Å²) in [5.74, 6) is -1.90. The molecule has 0 aromatic heterocycles. The van der Waals surface area contributed by atoms with Crippen LogP contribution in [0.2, 0.25) is 0 Å². The van der Waals surface area contributed by atoms with E-state index in [1.54, 1.807) is 7.05 Å². The van der Waals surface area contributed by atoms with Crippen molar-refractivity contribution < 1.29 is 13.6 Å². The van der Waals surface area contributed by atoms with E-state index in [-0.39, 0.29) is 36.8 Å². The molecule has 0 bridgehead atoms. The zero-order valence-electron chi connectivity index (χ0n) is 9.19. The van der Waals surface area contributed by atoms with E-state index in [4.69, 9.17) is 5.73 Å². The summed E-state index contributed by atoms with van der Waals surface area (Å²) >= 11 is 0. The molecule has 1 aromatic rings. The number of likely N-dealkylation sites (N-methyl/N-ethyl adjacent to an activating group) is 1. The third kappa shape index (κ3) is 2.40. The van der Waals surface area contributed by atoms with E-state index in [0.717, 1.165) is 12.1 Å². The van der Waals surface area contributed by atoms with Crippen molar-refractivity contribution >= 4 is 18.3 Å². The highest BCUT2D eigenvalue weighted by atomic mass is 35.5. The molecule has 94 valence electrons. The maximum Gasteiger partial charge on any atom is 0.224 e. The second-order valence-electron chi connectivity index (χ2n) is 3.99. The number of nitrogens with two attached hydrogens (primary N) is 1. The number of carbonyl (C=O) groups is 1. The van der Waals surface area contributed by atoms with E-state index in [1.165, 1.54) is 11.0 Å². The molecule has 2 N–H and O–H groups in total. The van der Waals surface area contributed by atoms with Crippen LogP contribution in [0, 0.1) is 11.6 Å². The zero-order valence-corrected chi connectivity index (χ0v) is 10.0. The van der Waals surface area contributed by atoms with Gasteiger partial charge in [-0.15, -0.1) is 12.4 Å². The molecule has 1 fully saturated rings. The number of hydrogen-bond acceptors (Lipinski definition) is 2. The molecule has 1 aromatic carbocycles. The number of halogens is 3. The van der Waals surface area contributed by atoms with Gasteiger partial charge in [0.2, 0.25) is 5.91 Å². The van der Waals surface area contributed by atoms with Crippen LogP contribution in [-0.4, -0.2) is 23.9 Å². The van der Waals surface area contributed by atoms with Crippen LogP contribution in [-0.2, 0) is 4.79 Å². The molecule has 3 nitrogen and oxygen atoms in total. The van der Waals surface area contributed by atoms with E-state index in [2.05, 4.69) is 0 Å². The Bertz CT molecular complexity index is 441. The van der Waals surface area contributed by atoms with E-state index in [1.807, 2.05) is 0 Å². The maximum absolute atomic E-state index is 13.1. The van der Waals surface area contributed by atoms with Crippen molar-refractivity contribution in [3.05, 3.63) is 35.4 Å². The van der Waals surface area contributed by atoms with Crippen molar-refractivity contribution in [1.29, 1.82) is 0 Å². The van der Waals surface area contributed by atoms with Gasteiger partial charge in [0.05, 0.1) is 6.04 Å². The van der Waals surface area contributed by atoms with Crippen molar-refractivity contribution in [2.75, 3.05) is 7.05 Å². The van der Waals surface area contributed by atoms with Crippen molar-refractivity contribution in [3.8, 4) is 0 Å². The summed E-state index contributed by atoms with van der Waals surface area (Å²) in [6, 6.07) is 2.85. The van der Waals surface area contributed by atoms with E-state index in [9.17, 15) is 13.6 Å². The summed E-state index contributed by atoms with van der Waals surface area (Å²) in [4.78, 5) is 12.9. The Morgan fingerprint density at radius 1 is 1.35 bits per heavy atom. The Balaban J connectivity index is 0.00000144. The molecule has 17 heavy (non-hydrogen) atoms. The van der Waals surface area contributed by atoms with Crippen molar-refractivity contribution in [2.45, 2.75) is 18.5 Å². The molecule has 1 aliphatic heterocycles. The summed E-state index contributed by atoms with van der Waals surface area (Å²) in [7, 11) is 1.61. The predicted molar refractivity (Wildman–Crippen MR) is 61.7 cm³/mol. The minimum Gasteiger partial charge on any atom is -0.337 e. The summed E-state index contributed by atoms with van der Waals surface area (Å²) in [6.45, 7) is 0. The second-order valence-corrected chi connectivity index (χ2v) is 3.99. The van der Waals surface area contributed by atoms with Gasteiger partial charge in [-0.1, -0.05) is 6.07 Å². The number of hydrogen-bond donors (Lipinski definition) is 1. The number of nitrogens with zero attached hydrogens (tertiary/aromatic N) is 1. The fraction of sp³-hybridized carbons (Fsp3) is 0.364. The van der Waals surface area contributed by atoms with Gasteiger partial charge in [-0.3, -0.25) is 4.79 Å². The third-order valence-electron chi connectivity index (χ3n) is 2.91. The summed E-state index contributed by atoms with van der Waals surface area (Å²) < 4.78 is 25.8. The Morgan fingerprint density at radius 2 is 2.00 bits per heavy atom. The molecule has 1 heterocycles. The normalized spacial score (nSPS) is 23.8. The number of likely N-dealkylation sites (tertiary alicyclic amines) is 1. The van der Waals surface area contributed by atoms with Gasteiger partial charge in [0.1, 0.15) is 0 Å². The Morgan fingerprint density at radius 3 is 2.47 bits per heavy atom. The molecule has 2 unspecified atom stereocenters. The minimum atomic E-state index is -0.919. The highest BCUT2D eigenvalue weighted by molar-refractivity contribution is 5.85. The lowest BCUT2D eigenvalue weighted by Gasteiger charge is -2.23. The van der Waals surface area contributed by atoms with Crippen molar-refractivity contribution in [2.24, 2.45) is 5.73 Å². The van der Waals surface area contributed by atoms with Gasteiger partial charge in [-0.05, 0) is 17.7 Å². The van der Waals surface area contributed by atoms with Crippen molar-refractivity contribution in [1.82, 2.24) is 4.90 Å².